The van der Waals surface area contributed by atoms with Crippen molar-refractivity contribution in [2.24, 2.45) is 10.9 Å². The lowest BCUT2D eigenvalue weighted by molar-refractivity contribution is 0.0852. The van der Waals surface area contributed by atoms with Crippen molar-refractivity contribution in [2.45, 2.75) is 32.2 Å². The SMILES string of the molecule is COc1cccc2c1CCN(c1oc(C=C3C=Nc4ncccc43)c(O)c1C(=O)C1CCC1)C2. The minimum absolute atomic E-state index is 0.0363. The molecule has 3 aromatic rings. The summed E-state index contributed by atoms with van der Waals surface area (Å²) in [4.78, 5) is 24.0. The van der Waals surface area contributed by atoms with Gasteiger partial charge in [-0.3, -0.25) is 4.79 Å². The first-order chi connectivity index (χ1) is 16.6. The summed E-state index contributed by atoms with van der Waals surface area (Å²) in [5, 5.41) is 11.2. The monoisotopic (exact) mass is 455 g/mol. The van der Waals surface area contributed by atoms with Crippen LogP contribution in [0.3, 0.4) is 0 Å². The van der Waals surface area contributed by atoms with Crippen LogP contribution in [0.1, 0.15) is 52.1 Å². The number of allylic oxidation sites excluding steroid dienone is 1. The van der Waals surface area contributed by atoms with Gasteiger partial charge in [0, 0.05) is 48.1 Å². The molecular weight excluding hydrogens is 430 g/mol. The maximum atomic E-state index is 13.4. The van der Waals surface area contributed by atoms with E-state index >= 15 is 0 Å². The van der Waals surface area contributed by atoms with Gasteiger partial charge in [-0.2, -0.15) is 0 Å². The summed E-state index contributed by atoms with van der Waals surface area (Å²) < 4.78 is 11.8. The molecule has 1 N–H and O–H groups in total. The normalized spacial score (nSPS) is 18.0. The van der Waals surface area contributed by atoms with E-state index in [2.05, 4.69) is 16.0 Å². The minimum atomic E-state index is -0.0958. The van der Waals surface area contributed by atoms with Gasteiger partial charge in [-0.25, -0.2) is 9.98 Å². The molecule has 172 valence electrons. The number of anilines is 1. The number of rotatable bonds is 5. The average Bonchev–Trinajstić information content (AvgIpc) is 3.38. The maximum absolute atomic E-state index is 13.4. The summed E-state index contributed by atoms with van der Waals surface area (Å²) in [6.07, 6.45) is 8.65. The zero-order valence-electron chi connectivity index (χ0n) is 19.0. The van der Waals surface area contributed by atoms with Gasteiger partial charge in [0.1, 0.15) is 11.3 Å². The Hall–Kier alpha value is -3.87. The second kappa shape index (κ2) is 8.17. The van der Waals surface area contributed by atoms with Crippen molar-refractivity contribution < 1.29 is 19.1 Å². The fourth-order valence-corrected chi connectivity index (χ4v) is 4.97. The molecular formula is C27H25N3O4. The standard InChI is InChI=1S/C27H25N3O4/c1-33-21-9-3-7-17-15-30(12-10-19(17)21)27-23(24(31)16-5-2-6-16)25(32)22(34-27)13-18-14-29-26-20(18)8-4-11-28-26/h3-4,7-9,11,13-14,16,32H,2,5-6,10,12,15H2,1H3. The van der Waals surface area contributed by atoms with Crippen LogP contribution >= 0.6 is 0 Å². The van der Waals surface area contributed by atoms with Crippen molar-refractivity contribution in [3.8, 4) is 11.5 Å². The van der Waals surface area contributed by atoms with E-state index in [0.717, 1.165) is 48.1 Å². The summed E-state index contributed by atoms with van der Waals surface area (Å²) in [5.74, 6) is 2.03. The van der Waals surface area contributed by atoms with E-state index in [0.29, 0.717) is 30.4 Å². The number of fused-ring (bicyclic) bond motifs is 2. The van der Waals surface area contributed by atoms with Crippen LogP contribution in [-0.2, 0) is 13.0 Å². The van der Waals surface area contributed by atoms with Crippen LogP contribution in [0.4, 0.5) is 11.7 Å². The quantitative estimate of drug-likeness (QED) is 0.533. The summed E-state index contributed by atoms with van der Waals surface area (Å²) in [6.45, 7) is 1.24. The molecule has 0 radical (unpaired) electrons. The van der Waals surface area contributed by atoms with E-state index in [1.54, 1.807) is 25.6 Å². The van der Waals surface area contributed by atoms with Gasteiger partial charge < -0.3 is 19.2 Å². The van der Waals surface area contributed by atoms with E-state index in [1.807, 2.05) is 29.2 Å². The number of carbonyl (C=O) groups is 1. The molecule has 6 rings (SSSR count). The van der Waals surface area contributed by atoms with E-state index in [4.69, 9.17) is 9.15 Å². The van der Waals surface area contributed by atoms with Crippen molar-refractivity contribution in [3.05, 3.63) is 64.5 Å². The fraction of sp³-hybridized carbons (Fsp3) is 0.296. The van der Waals surface area contributed by atoms with Crippen molar-refractivity contribution in [1.82, 2.24) is 4.98 Å². The van der Waals surface area contributed by atoms with Crippen molar-refractivity contribution in [2.75, 3.05) is 18.6 Å². The number of hydrogen-bond acceptors (Lipinski definition) is 7. The predicted molar refractivity (Wildman–Crippen MR) is 130 cm³/mol. The van der Waals surface area contributed by atoms with Gasteiger partial charge in [0.05, 0.1) is 7.11 Å². The van der Waals surface area contributed by atoms with Crippen molar-refractivity contribution in [3.63, 3.8) is 0 Å². The van der Waals surface area contributed by atoms with Crippen LogP contribution < -0.4 is 9.64 Å². The summed E-state index contributed by atoms with van der Waals surface area (Å²) in [6, 6.07) is 9.79. The number of pyridine rings is 1. The zero-order chi connectivity index (χ0) is 23.2. The third-order valence-corrected chi connectivity index (χ3v) is 7.05. The maximum Gasteiger partial charge on any atom is 0.211 e. The number of methoxy groups -OCH3 is 1. The van der Waals surface area contributed by atoms with Gasteiger partial charge >= 0.3 is 0 Å². The predicted octanol–water partition coefficient (Wildman–Crippen LogP) is 5.19. The largest absolute Gasteiger partial charge is 0.504 e. The third kappa shape index (κ3) is 3.31. The number of Topliss-reactive ketones (excluding diaryl/α,β-unsaturated/α-hetero) is 1. The van der Waals surface area contributed by atoms with Gasteiger partial charge in [-0.05, 0) is 49.1 Å². The molecule has 0 amide bonds. The van der Waals surface area contributed by atoms with E-state index in [1.165, 1.54) is 5.56 Å². The first-order valence-corrected chi connectivity index (χ1v) is 11.6. The topological polar surface area (TPSA) is 88.2 Å². The van der Waals surface area contributed by atoms with Crippen LogP contribution in [0, 0.1) is 5.92 Å². The van der Waals surface area contributed by atoms with Crippen molar-refractivity contribution in [1.29, 1.82) is 0 Å². The van der Waals surface area contributed by atoms with Crippen LogP contribution in [-0.4, -0.2) is 35.7 Å². The number of furan rings is 1. The Bertz CT molecular complexity index is 1350. The van der Waals surface area contributed by atoms with Gasteiger partial charge in [0.2, 0.25) is 5.88 Å². The second-order valence-electron chi connectivity index (χ2n) is 8.99. The molecule has 1 aliphatic carbocycles. The zero-order valence-corrected chi connectivity index (χ0v) is 19.0. The molecule has 1 fully saturated rings. The Morgan fingerprint density at radius 1 is 1.26 bits per heavy atom. The molecule has 2 aromatic heterocycles. The number of hydrogen-bond donors (Lipinski definition) is 1. The number of ketones is 1. The molecule has 3 aliphatic rings. The highest BCUT2D eigenvalue weighted by Gasteiger charge is 2.36. The number of nitrogens with zero attached hydrogens (tertiary/aromatic N) is 3. The lowest BCUT2D eigenvalue weighted by Gasteiger charge is -2.31. The van der Waals surface area contributed by atoms with Crippen LogP contribution in [0.2, 0.25) is 0 Å². The number of ether oxygens (including phenoxy) is 1. The highest BCUT2D eigenvalue weighted by Crippen LogP contribution is 2.44. The van der Waals surface area contributed by atoms with Crippen LogP contribution in [0.5, 0.6) is 11.5 Å². The molecule has 7 heteroatoms. The molecule has 0 atom stereocenters. The molecule has 2 aliphatic heterocycles. The number of aromatic hydroxyl groups is 1. The number of carbonyl (C=O) groups excluding carboxylic acids is 1. The smallest absolute Gasteiger partial charge is 0.211 e. The lowest BCUT2D eigenvalue weighted by atomic mass is 9.80. The first-order valence-electron chi connectivity index (χ1n) is 11.6. The lowest BCUT2D eigenvalue weighted by Crippen LogP contribution is -2.32. The average molecular weight is 456 g/mol. The second-order valence-corrected chi connectivity index (χ2v) is 8.99. The third-order valence-electron chi connectivity index (χ3n) is 7.05. The molecule has 1 saturated carbocycles. The van der Waals surface area contributed by atoms with Gasteiger partial charge in [-0.15, -0.1) is 0 Å². The summed E-state index contributed by atoms with van der Waals surface area (Å²) >= 11 is 0. The molecule has 0 bridgehead atoms. The highest BCUT2D eigenvalue weighted by molar-refractivity contribution is 6.21. The van der Waals surface area contributed by atoms with Crippen molar-refractivity contribution >= 4 is 35.3 Å². The Kier molecular flexibility index (Phi) is 4.98. The Labute approximate surface area is 197 Å². The molecule has 7 nitrogen and oxygen atoms in total. The van der Waals surface area contributed by atoms with Gasteiger partial charge in [0.25, 0.3) is 0 Å². The summed E-state index contributed by atoms with van der Waals surface area (Å²) in [5.41, 5.74) is 4.26. The first kappa shape index (κ1) is 20.7. The summed E-state index contributed by atoms with van der Waals surface area (Å²) in [7, 11) is 1.68. The van der Waals surface area contributed by atoms with E-state index in [-0.39, 0.29) is 23.2 Å². The fourth-order valence-electron chi connectivity index (χ4n) is 4.97. The molecule has 34 heavy (non-hydrogen) atoms. The van der Waals surface area contributed by atoms with Gasteiger partial charge in [-0.1, -0.05) is 18.6 Å². The Morgan fingerprint density at radius 2 is 2.15 bits per heavy atom. The van der Waals surface area contributed by atoms with E-state index < -0.39 is 0 Å². The minimum Gasteiger partial charge on any atom is -0.504 e. The number of aliphatic imine (C=N–C) groups is 1. The molecule has 0 saturated heterocycles. The number of aromatic nitrogens is 1. The van der Waals surface area contributed by atoms with E-state index in [9.17, 15) is 9.90 Å². The Morgan fingerprint density at radius 3 is 2.94 bits per heavy atom. The molecule has 0 spiro atoms. The highest BCUT2D eigenvalue weighted by atomic mass is 16.5. The van der Waals surface area contributed by atoms with Gasteiger partial charge in [0.15, 0.2) is 23.1 Å². The molecule has 1 aromatic carbocycles. The molecule has 4 heterocycles. The Balaban J connectivity index is 1.42. The van der Waals surface area contributed by atoms with Crippen LogP contribution in [0.15, 0.2) is 45.9 Å². The molecule has 0 unspecified atom stereocenters. The number of benzene rings is 1. The van der Waals surface area contributed by atoms with Crippen LogP contribution in [0.25, 0.3) is 11.6 Å².